The molecule has 0 saturated carbocycles. The molecule has 35 heavy (non-hydrogen) atoms. The molecule has 0 radical (unpaired) electrons. The van der Waals surface area contributed by atoms with Gasteiger partial charge in [0, 0.05) is 53.0 Å². The van der Waals surface area contributed by atoms with E-state index in [4.69, 9.17) is 16.0 Å². The van der Waals surface area contributed by atoms with Crippen molar-refractivity contribution in [3.63, 3.8) is 0 Å². The number of aromatic nitrogens is 1. The van der Waals surface area contributed by atoms with E-state index in [1.54, 1.807) is 53.3 Å². The third-order valence-corrected chi connectivity index (χ3v) is 9.49. The summed E-state index contributed by atoms with van der Waals surface area (Å²) in [5.74, 6) is 1.16. The van der Waals surface area contributed by atoms with Crippen LogP contribution in [-0.4, -0.2) is 38.2 Å². The molecule has 4 aromatic rings. The summed E-state index contributed by atoms with van der Waals surface area (Å²) in [4.78, 5) is 18.9. The summed E-state index contributed by atoms with van der Waals surface area (Å²) >= 11 is 7.71. The fourth-order valence-electron chi connectivity index (χ4n) is 4.68. The largest absolute Gasteiger partial charge is 0.456 e. The van der Waals surface area contributed by atoms with Crippen molar-refractivity contribution in [1.29, 1.82) is 0 Å². The zero-order valence-corrected chi connectivity index (χ0v) is 21.1. The number of carbonyl (C=O) groups excluding carboxylic acids is 1. The molecule has 1 amide bonds. The van der Waals surface area contributed by atoms with E-state index < -0.39 is 10.0 Å². The number of nitrogens with zero attached hydrogens (tertiary/aromatic N) is 3. The van der Waals surface area contributed by atoms with Crippen LogP contribution in [0.15, 0.2) is 69.1 Å². The van der Waals surface area contributed by atoms with Crippen molar-refractivity contribution in [2.24, 2.45) is 0 Å². The number of sulfonamides is 1. The van der Waals surface area contributed by atoms with E-state index in [2.05, 4.69) is 4.98 Å². The quantitative estimate of drug-likeness (QED) is 0.358. The Morgan fingerprint density at radius 2 is 1.94 bits per heavy atom. The van der Waals surface area contributed by atoms with Crippen LogP contribution in [0.25, 0.3) is 22.3 Å². The molecule has 0 unspecified atom stereocenters. The van der Waals surface area contributed by atoms with Gasteiger partial charge in [-0.3, -0.25) is 14.1 Å². The van der Waals surface area contributed by atoms with Gasteiger partial charge in [-0.15, -0.1) is 11.8 Å². The van der Waals surface area contributed by atoms with E-state index >= 15 is 0 Å². The van der Waals surface area contributed by atoms with E-state index in [9.17, 15) is 13.2 Å². The van der Waals surface area contributed by atoms with Crippen molar-refractivity contribution >= 4 is 61.6 Å². The Morgan fingerprint density at radius 3 is 2.77 bits per heavy atom. The molecule has 178 valence electrons. The molecule has 0 N–H and O–H groups in total. The molecule has 2 aromatic carbocycles. The molecule has 7 nitrogen and oxygen atoms in total. The number of halogens is 1. The van der Waals surface area contributed by atoms with Crippen LogP contribution in [0.5, 0.6) is 0 Å². The summed E-state index contributed by atoms with van der Waals surface area (Å²) in [7, 11) is -3.84. The molecule has 2 aromatic heterocycles. The van der Waals surface area contributed by atoms with Gasteiger partial charge in [-0.2, -0.15) is 0 Å². The van der Waals surface area contributed by atoms with Gasteiger partial charge >= 0.3 is 0 Å². The van der Waals surface area contributed by atoms with Crippen LogP contribution in [0, 0.1) is 0 Å². The number of furan rings is 1. The molecule has 0 atom stereocenters. The molecular weight excluding hydrogens is 506 g/mol. The molecule has 4 heterocycles. The third kappa shape index (κ3) is 3.69. The number of rotatable bonds is 3. The average molecular weight is 526 g/mol. The molecule has 10 heteroatoms. The van der Waals surface area contributed by atoms with Crippen molar-refractivity contribution in [2.75, 3.05) is 28.0 Å². The molecule has 0 aliphatic carbocycles. The molecule has 0 saturated heterocycles. The minimum atomic E-state index is -3.84. The van der Waals surface area contributed by atoms with Gasteiger partial charge in [0.1, 0.15) is 11.3 Å². The van der Waals surface area contributed by atoms with Gasteiger partial charge in [-0.05, 0) is 54.4 Å². The lowest BCUT2D eigenvalue weighted by molar-refractivity contribution is -0.116. The highest BCUT2D eigenvalue weighted by molar-refractivity contribution is 8.00. The number of fused-ring (bicyclic) bond motifs is 3. The van der Waals surface area contributed by atoms with Gasteiger partial charge in [0.05, 0.1) is 22.3 Å². The Kier molecular flexibility index (Phi) is 5.32. The van der Waals surface area contributed by atoms with Crippen LogP contribution in [0.1, 0.15) is 12.5 Å². The lowest BCUT2D eigenvalue weighted by Gasteiger charge is -2.30. The van der Waals surface area contributed by atoms with E-state index in [1.807, 2.05) is 18.2 Å². The fourth-order valence-corrected chi connectivity index (χ4v) is 7.65. The highest BCUT2D eigenvalue weighted by Gasteiger charge is 2.33. The summed E-state index contributed by atoms with van der Waals surface area (Å²) < 4.78 is 35.0. The topological polar surface area (TPSA) is 83.7 Å². The number of hydrogen-bond donors (Lipinski definition) is 0. The monoisotopic (exact) mass is 525 g/mol. The second-order valence-electron chi connectivity index (χ2n) is 8.46. The predicted octanol–water partition coefficient (Wildman–Crippen LogP) is 5.36. The maximum absolute atomic E-state index is 13.8. The van der Waals surface area contributed by atoms with E-state index in [0.29, 0.717) is 47.3 Å². The van der Waals surface area contributed by atoms with Crippen molar-refractivity contribution in [2.45, 2.75) is 23.1 Å². The second kappa shape index (κ2) is 8.29. The van der Waals surface area contributed by atoms with Gasteiger partial charge in [-0.25, -0.2) is 8.42 Å². The summed E-state index contributed by atoms with van der Waals surface area (Å²) in [6.45, 7) is 2.41. The SMILES string of the molecule is CC(=O)N1CCc2cc(S(=O)(=O)N3CCSc4c(-c5cc6cc(Cl)ccc6o5)cncc43)ccc21. The molecule has 2 aliphatic rings. The molecule has 0 bridgehead atoms. The van der Waals surface area contributed by atoms with E-state index in [0.717, 1.165) is 27.1 Å². The summed E-state index contributed by atoms with van der Waals surface area (Å²) in [6, 6.07) is 12.3. The number of amides is 1. The molecule has 0 spiro atoms. The first-order chi connectivity index (χ1) is 16.8. The number of anilines is 2. The Hall–Kier alpha value is -3.01. The number of thioether (sulfide) groups is 1. The fraction of sp³-hybridized carbons (Fsp3) is 0.200. The van der Waals surface area contributed by atoms with Gasteiger partial charge < -0.3 is 9.32 Å². The van der Waals surface area contributed by atoms with Crippen molar-refractivity contribution in [1.82, 2.24) is 4.98 Å². The Morgan fingerprint density at radius 1 is 1.09 bits per heavy atom. The first-order valence-electron chi connectivity index (χ1n) is 11.1. The zero-order valence-electron chi connectivity index (χ0n) is 18.7. The van der Waals surface area contributed by atoms with Crippen LogP contribution in [0.3, 0.4) is 0 Å². The average Bonchev–Trinajstić information content (AvgIpc) is 3.46. The maximum atomic E-state index is 13.8. The highest BCUT2D eigenvalue weighted by Crippen LogP contribution is 2.44. The minimum absolute atomic E-state index is 0.0483. The zero-order chi connectivity index (χ0) is 24.3. The first-order valence-corrected chi connectivity index (χ1v) is 13.9. The Bertz CT molecular complexity index is 1620. The lowest BCUT2D eigenvalue weighted by atomic mass is 10.2. The normalized spacial score (nSPS) is 15.4. The van der Waals surface area contributed by atoms with Gasteiger partial charge in [-0.1, -0.05) is 11.6 Å². The highest BCUT2D eigenvalue weighted by atomic mass is 35.5. The minimum Gasteiger partial charge on any atom is -0.456 e. The third-order valence-electron chi connectivity index (χ3n) is 6.35. The lowest BCUT2D eigenvalue weighted by Crippen LogP contribution is -2.35. The van der Waals surface area contributed by atoms with Crippen molar-refractivity contribution in [3.8, 4) is 11.3 Å². The van der Waals surface area contributed by atoms with Crippen LogP contribution < -0.4 is 9.21 Å². The molecule has 0 fully saturated rings. The smallest absolute Gasteiger partial charge is 0.264 e. The first kappa shape index (κ1) is 22.5. The maximum Gasteiger partial charge on any atom is 0.264 e. The van der Waals surface area contributed by atoms with Gasteiger partial charge in [0.2, 0.25) is 5.91 Å². The van der Waals surface area contributed by atoms with Gasteiger partial charge in [0.25, 0.3) is 10.0 Å². The van der Waals surface area contributed by atoms with Crippen molar-refractivity contribution in [3.05, 3.63) is 65.4 Å². The summed E-state index contributed by atoms with van der Waals surface area (Å²) in [5.41, 5.74) is 3.61. The summed E-state index contributed by atoms with van der Waals surface area (Å²) in [6.07, 6.45) is 3.92. The standard InChI is InChI=1S/C25H20ClN3O4S2/c1-15(30)28-7-6-16-11-19(3-4-21(16)28)35(31,32)29-8-9-34-25-20(13-27-14-22(25)29)24-12-17-10-18(26)2-5-23(17)33-24/h2-5,10-14H,6-9H2,1H3. The van der Waals surface area contributed by atoms with E-state index in [-0.39, 0.29) is 10.8 Å². The van der Waals surface area contributed by atoms with Crippen LogP contribution >= 0.6 is 23.4 Å². The van der Waals surface area contributed by atoms with Crippen LogP contribution in [-0.2, 0) is 21.2 Å². The van der Waals surface area contributed by atoms with Crippen LogP contribution in [0.2, 0.25) is 5.02 Å². The second-order valence-corrected chi connectivity index (χ2v) is 11.9. The molecule has 2 aliphatic heterocycles. The Balaban J connectivity index is 1.41. The Labute approximate surface area is 211 Å². The number of carbonyl (C=O) groups is 1. The summed E-state index contributed by atoms with van der Waals surface area (Å²) in [5, 5.41) is 1.48. The number of hydrogen-bond acceptors (Lipinski definition) is 6. The number of pyridine rings is 1. The predicted molar refractivity (Wildman–Crippen MR) is 138 cm³/mol. The van der Waals surface area contributed by atoms with Crippen LogP contribution in [0.4, 0.5) is 11.4 Å². The molecule has 6 rings (SSSR count). The van der Waals surface area contributed by atoms with Crippen molar-refractivity contribution < 1.29 is 17.6 Å². The van der Waals surface area contributed by atoms with Gasteiger partial charge in [0.15, 0.2) is 0 Å². The van der Waals surface area contributed by atoms with E-state index in [1.165, 1.54) is 11.2 Å². The molecular formula is C25H20ClN3O4S2. The number of benzene rings is 2.